The number of pyridine rings is 1. The number of aryl methyl sites for hydroxylation is 1. The monoisotopic (exact) mass is 669 g/mol. The first-order valence-electron chi connectivity index (χ1n) is 12.7. The van der Waals surface area contributed by atoms with Gasteiger partial charge in [-0.25, -0.2) is 0 Å². The minimum Gasteiger partial charge on any atom is -0.512 e. The molecule has 0 unspecified atom stereocenters. The molecule has 0 spiro atoms. The van der Waals surface area contributed by atoms with Crippen LogP contribution in [0.4, 0.5) is 0 Å². The molecule has 0 amide bonds. The van der Waals surface area contributed by atoms with E-state index in [1.54, 1.807) is 0 Å². The molecule has 193 valence electrons. The number of rotatable bonds is 5. The fourth-order valence-electron chi connectivity index (χ4n) is 4.73. The Balaban J connectivity index is 0.000000237. The summed E-state index contributed by atoms with van der Waals surface area (Å²) >= 11 is 0. The molecule has 3 nitrogen and oxygen atoms in total. The average Bonchev–Trinajstić information content (AvgIpc) is 2.93. The smallest absolute Gasteiger partial charge is 0.159 e. The zero-order valence-electron chi connectivity index (χ0n) is 22.1. The number of benzene rings is 3. The predicted molar refractivity (Wildman–Crippen MR) is 150 cm³/mol. The van der Waals surface area contributed by atoms with Crippen LogP contribution in [-0.2, 0) is 24.9 Å². The molecule has 4 aromatic rings. The van der Waals surface area contributed by atoms with Crippen molar-refractivity contribution in [2.75, 3.05) is 0 Å². The van der Waals surface area contributed by atoms with Gasteiger partial charge in [-0.1, -0.05) is 88.2 Å². The van der Waals surface area contributed by atoms with Crippen molar-refractivity contribution in [3.8, 4) is 33.5 Å². The summed E-state index contributed by atoms with van der Waals surface area (Å²) in [6.45, 7) is 10.1. The molecule has 0 bridgehead atoms. The van der Waals surface area contributed by atoms with Gasteiger partial charge in [-0.15, -0.1) is 29.3 Å². The third kappa shape index (κ3) is 6.63. The van der Waals surface area contributed by atoms with Crippen molar-refractivity contribution in [1.29, 1.82) is 0 Å². The Kier molecular flexibility index (Phi) is 9.59. The minimum atomic E-state index is 0. The molecule has 1 aliphatic rings. The van der Waals surface area contributed by atoms with Crippen molar-refractivity contribution in [2.45, 2.75) is 47.5 Å². The van der Waals surface area contributed by atoms with E-state index in [4.69, 9.17) is 4.98 Å². The average molecular weight is 669 g/mol. The minimum absolute atomic E-state index is 0. The van der Waals surface area contributed by atoms with E-state index >= 15 is 0 Å². The zero-order valence-corrected chi connectivity index (χ0v) is 24.5. The third-order valence-corrected chi connectivity index (χ3v) is 6.18. The number of allylic oxidation sites excluding steroid dienone is 2. The van der Waals surface area contributed by atoms with E-state index in [1.165, 1.54) is 44.7 Å². The summed E-state index contributed by atoms with van der Waals surface area (Å²) in [5, 5.41) is 11.8. The summed E-state index contributed by atoms with van der Waals surface area (Å²) in [5.74, 6) is 0.979. The van der Waals surface area contributed by atoms with Crippen molar-refractivity contribution < 1.29 is 30.0 Å². The number of hydrogen-bond donors (Lipinski definition) is 1. The van der Waals surface area contributed by atoms with Crippen LogP contribution in [0, 0.1) is 24.8 Å². The summed E-state index contributed by atoms with van der Waals surface area (Å²) in [6, 6.07) is 25.0. The van der Waals surface area contributed by atoms with Crippen molar-refractivity contribution in [1.82, 2.24) is 4.98 Å². The summed E-state index contributed by atoms with van der Waals surface area (Å²) in [6.07, 6.45) is 4.36. The summed E-state index contributed by atoms with van der Waals surface area (Å²) in [7, 11) is 0. The second-order valence-corrected chi connectivity index (χ2v) is 10.4. The van der Waals surface area contributed by atoms with Crippen LogP contribution in [-0.4, -0.2) is 15.9 Å². The van der Waals surface area contributed by atoms with Gasteiger partial charge in [0.1, 0.15) is 0 Å². The first-order valence-corrected chi connectivity index (χ1v) is 12.7. The van der Waals surface area contributed by atoms with Gasteiger partial charge in [0, 0.05) is 45.2 Å². The van der Waals surface area contributed by atoms with Gasteiger partial charge in [0.25, 0.3) is 0 Å². The van der Waals surface area contributed by atoms with Crippen LogP contribution in [0.2, 0.25) is 0 Å². The quantitative estimate of drug-likeness (QED) is 0.116. The van der Waals surface area contributed by atoms with Crippen LogP contribution in [0.15, 0.2) is 78.7 Å². The fourth-order valence-corrected chi connectivity index (χ4v) is 4.73. The molecule has 0 fully saturated rings. The molecule has 4 heteroatoms. The van der Waals surface area contributed by atoms with Crippen molar-refractivity contribution in [2.24, 2.45) is 11.8 Å². The number of aromatic nitrogens is 1. The third-order valence-electron chi connectivity index (χ3n) is 6.18. The van der Waals surface area contributed by atoms with Gasteiger partial charge >= 0.3 is 0 Å². The first kappa shape index (κ1) is 28.5. The van der Waals surface area contributed by atoms with E-state index in [2.05, 4.69) is 73.7 Å². The number of aliphatic hydroxyl groups excluding tert-OH is 1. The molecule has 1 heterocycles. The summed E-state index contributed by atoms with van der Waals surface area (Å²) in [5.41, 5.74) is 8.35. The van der Waals surface area contributed by atoms with E-state index in [9.17, 15) is 9.90 Å². The van der Waals surface area contributed by atoms with Crippen molar-refractivity contribution >= 4 is 16.6 Å². The molecular formula is C33H34IrNO2-. The van der Waals surface area contributed by atoms with Gasteiger partial charge in [0.2, 0.25) is 0 Å². The molecule has 0 saturated heterocycles. The molecule has 0 aliphatic heterocycles. The van der Waals surface area contributed by atoms with Gasteiger partial charge in [0.15, 0.2) is 5.78 Å². The van der Waals surface area contributed by atoms with Gasteiger partial charge in [-0.2, -0.15) is 0 Å². The Morgan fingerprint density at radius 2 is 1.57 bits per heavy atom. The second kappa shape index (κ2) is 12.4. The molecule has 5 rings (SSSR count). The number of aliphatic hydroxyl groups is 1. The van der Waals surface area contributed by atoms with Gasteiger partial charge < -0.3 is 10.1 Å². The van der Waals surface area contributed by atoms with Gasteiger partial charge in [-0.05, 0) is 45.5 Å². The van der Waals surface area contributed by atoms with Crippen LogP contribution in [0.25, 0.3) is 44.3 Å². The van der Waals surface area contributed by atoms with E-state index < -0.39 is 0 Å². The molecular weight excluding hydrogens is 635 g/mol. The van der Waals surface area contributed by atoms with E-state index in [-0.39, 0.29) is 31.6 Å². The Morgan fingerprint density at radius 3 is 2.24 bits per heavy atom. The van der Waals surface area contributed by atoms with Crippen LogP contribution in [0.5, 0.6) is 0 Å². The Hall–Kier alpha value is -3.07. The van der Waals surface area contributed by atoms with Crippen LogP contribution >= 0.6 is 0 Å². The Labute approximate surface area is 234 Å². The maximum Gasteiger partial charge on any atom is 0.159 e. The van der Waals surface area contributed by atoms with Gasteiger partial charge in [0.05, 0.1) is 5.76 Å². The molecule has 1 N–H and O–H groups in total. The van der Waals surface area contributed by atoms with Crippen LogP contribution in [0.1, 0.15) is 46.1 Å². The number of nitrogens with zero attached hydrogens (tertiary/aromatic N) is 1. The number of carbonyl (C=O) groups is 1. The molecule has 0 atom stereocenters. The summed E-state index contributed by atoms with van der Waals surface area (Å²) in [4.78, 5) is 15.9. The maximum atomic E-state index is 11.2. The topological polar surface area (TPSA) is 50.2 Å². The predicted octanol–water partition coefficient (Wildman–Crippen LogP) is 8.74. The van der Waals surface area contributed by atoms with Crippen LogP contribution < -0.4 is 0 Å². The molecule has 1 aliphatic carbocycles. The number of hydrogen-bond acceptors (Lipinski definition) is 3. The molecule has 0 saturated carbocycles. The van der Waals surface area contributed by atoms with E-state index in [0.29, 0.717) is 24.7 Å². The molecule has 3 aromatic carbocycles. The number of ketones is 1. The summed E-state index contributed by atoms with van der Waals surface area (Å²) < 4.78 is 0. The Bertz CT molecular complexity index is 1430. The second-order valence-electron chi connectivity index (χ2n) is 10.4. The largest absolute Gasteiger partial charge is 0.512 e. The molecule has 1 radical (unpaired) electrons. The van der Waals surface area contributed by atoms with Gasteiger partial charge in [-0.3, -0.25) is 4.79 Å². The fraction of sp³-hybridized carbons (Fsp3) is 0.273. The van der Waals surface area contributed by atoms with Crippen molar-refractivity contribution in [3.05, 3.63) is 90.3 Å². The van der Waals surface area contributed by atoms with Crippen molar-refractivity contribution in [3.63, 3.8) is 0 Å². The number of fused-ring (bicyclic) bond motifs is 5. The van der Waals surface area contributed by atoms with E-state index in [0.717, 1.165) is 11.3 Å². The van der Waals surface area contributed by atoms with E-state index in [1.807, 2.05) is 33.9 Å². The number of carbonyl (C=O) groups excluding carboxylic acids is 1. The normalized spacial score (nSPS) is 11.7. The molecule has 1 aromatic heterocycles. The maximum absolute atomic E-state index is 11.2. The standard InChI is InChI=1S/C22H14N.C11H20O2.Ir/c1-14-9-10-19-20(13-14)17-7-3-2-6-16(17)18-8-4-5-15-11-12-23-22(19)21(15)18;1-8(2)5-10(12)7-11(13)6-9(3)4;/h2-9,11-13H,1H3;7-9,12H,5-6H2,1-4H3;/q-1;;/b;10-7-;. The zero-order chi connectivity index (χ0) is 25.8. The Morgan fingerprint density at radius 1 is 0.919 bits per heavy atom. The SMILES string of the molecule is CC(C)CC(=O)/C=C(\O)CC(C)C.Cc1c[c-]c2c(c1)-c1ccccc1-c1cccc3ccnc-2c13.[Ir]. The molecule has 37 heavy (non-hydrogen) atoms. The van der Waals surface area contributed by atoms with Crippen LogP contribution in [0.3, 0.4) is 0 Å². The first-order chi connectivity index (χ1) is 17.2.